The highest BCUT2D eigenvalue weighted by Gasteiger charge is 2.35. The van der Waals surface area contributed by atoms with E-state index in [0.717, 1.165) is 13.1 Å². The Bertz CT molecular complexity index is 620. The molecule has 0 radical (unpaired) electrons. The Balaban J connectivity index is 2.00. The molecule has 0 bridgehead atoms. The van der Waals surface area contributed by atoms with Gasteiger partial charge in [-0.05, 0) is 44.9 Å². The van der Waals surface area contributed by atoms with Crippen LogP contribution >= 0.6 is 0 Å². The lowest BCUT2D eigenvalue weighted by Gasteiger charge is -2.40. The predicted octanol–water partition coefficient (Wildman–Crippen LogP) is 2.09. The average Bonchev–Trinajstić information content (AvgIpc) is 2.56. The zero-order chi connectivity index (χ0) is 17.9. The Hall–Kier alpha value is -2.24. The number of piperazine rings is 1. The molecule has 24 heavy (non-hydrogen) atoms. The van der Waals surface area contributed by atoms with Crippen molar-refractivity contribution in [3.8, 4) is 0 Å². The summed E-state index contributed by atoms with van der Waals surface area (Å²) < 4.78 is 4.59. The van der Waals surface area contributed by atoms with E-state index in [-0.39, 0.29) is 5.91 Å². The number of hydrogen-bond donors (Lipinski definition) is 1. The molecule has 132 valence electrons. The highest BCUT2D eigenvalue weighted by molar-refractivity contribution is 5.89. The van der Waals surface area contributed by atoms with Crippen molar-refractivity contribution >= 4 is 17.7 Å². The van der Waals surface area contributed by atoms with Crippen molar-refractivity contribution < 1.29 is 14.3 Å². The fourth-order valence-corrected chi connectivity index (χ4v) is 2.98. The highest BCUT2D eigenvalue weighted by Crippen LogP contribution is 2.24. The van der Waals surface area contributed by atoms with Crippen LogP contribution in [-0.2, 0) is 9.53 Å². The van der Waals surface area contributed by atoms with Crippen LogP contribution in [0.25, 0.3) is 0 Å². The minimum Gasteiger partial charge on any atom is -0.453 e. The van der Waals surface area contributed by atoms with E-state index < -0.39 is 11.6 Å². The first-order chi connectivity index (χ1) is 11.3. The van der Waals surface area contributed by atoms with Crippen LogP contribution in [-0.4, -0.2) is 55.7 Å². The molecule has 2 rings (SSSR count). The standard InChI is InChI=1S/C18H27N3O3/c1-13-7-6-8-15(14(13)2)20-9-11-21(12-10-20)16(22)18(3,4)19-17(23)24-5/h6-8H,9-12H2,1-5H3,(H,19,23). The third-order valence-corrected chi connectivity index (χ3v) is 4.62. The van der Waals surface area contributed by atoms with Crippen molar-refractivity contribution in [3.05, 3.63) is 29.3 Å². The van der Waals surface area contributed by atoms with Crippen molar-refractivity contribution in [2.75, 3.05) is 38.2 Å². The molecule has 1 saturated heterocycles. The maximum Gasteiger partial charge on any atom is 0.407 e. The number of carbonyl (C=O) groups excluding carboxylic acids is 2. The molecule has 1 aliphatic rings. The van der Waals surface area contributed by atoms with Gasteiger partial charge in [0.25, 0.3) is 0 Å². The van der Waals surface area contributed by atoms with Crippen molar-refractivity contribution in [1.82, 2.24) is 10.2 Å². The number of alkyl carbamates (subject to hydrolysis) is 1. The normalized spacial score (nSPS) is 15.2. The Morgan fingerprint density at radius 3 is 2.33 bits per heavy atom. The lowest BCUT2D eigenvalue weighted by molar-refractivity contribution is -0.137. The monoisotopic (exact) mass is 333 g/mol. The number of aryl methyl sites for hydroxylation is 1. The molecular weight excluding hydrogens is 306 g/mol. The fraction of sp³-hybridized carbons (Fsp3) is 0.556. The summed E-state index contributed by atoms with van der Waals surface area (Å²) in [6.07, 6.45) is -0.595. The first kappa shape index (κ1) is 18.1. The summed E-state index contributed by atoms with van der Waals surface area (Å²) in [5, 5.41) is 2.60. The molecule has 6 heteroatoms. The maximum absolute atomic E-state index is 12.7. The van der Waals surface area contributed by atoms with Gasteiger partial charge in [-0.25, -0.2) is 4.79 Å². The molecule has 1 N–H and O–H groups in total. The SMILES string of the molecule is COC(=O)NC(C)(C)C(=O)N1CCN(c2cccc(C)c2C)CC1. The molecular formula is C18H27N3O3. The van der Waals surface area contributed by atoms with E-state index >= 15 is 0 Å². The third kappa shape index (κ3) is 3.80. The number of nitrogens with zero attached hydrogens (tertiary/aromatic N) is 2. The summed E-state index contributed by atoms with van der Waals surface area (Å²) >= 11 is 0. The van der Waals surface area contributed by atoms with Crippen LogP contribution in [0, 0.1) is 13.8 Å². The smallest absolute Gasteiger partial charge is 0.407 e. The average molecular weight is 333 g/mol. The molecule has 2 amide bonds. The minimum atomic E-state index is -0.978. The van der Waals surface area contributed by atoms with E-state index in [1.165, 1.54) is 23.9 Å². The number of nitrogens with one attached hydrogen (secondary N) is 1. The molecule has 0 saturated carbocycles. The second-order valence-electron chi connectivity index (χ2n) is 6.74. The summed E-state index contributed by atoms with van der Waals surface area (Å²) in [7, 11) is 1.29. The number of anilines is 1. The first-order valence-corrected chi connectivity index (χ1v) is 8.23. The molecule has 1 aromatic carbocycles. The quantitative estimate of drug-likeness (QED) is 0.920. The fourth-order valence-electron chi connectivity index (χ4n) is 2.98. The van der Waals surface area contributed by atoms with Gasteiger partial charge in [-0.2, -0.15) is 0 Å². The second kappa shape index (κ2) is 7.11. The maximum atomic E-state index is 12.7. The Morgan fingerprint density at radius 2 is 1.75 bits per heavy atom. The van der Waals surface area contributed by atoms with Crippen LogP contribution in [0.1, 0.15) is 25.0 Å². The van der Waals surface area contributed by atoms with Gasteiger partial charge in [-0.1, -0.05) is 12.1 Å². The minimum absolute atomic E-state index is 0.0893. The van der Waals surface area contributed by atoms with E-state index in [9.17, 15) is 9.59 Å². The van der Waals surface area contributed by atoms with E-state index in [0.29, 0.717) is 13.1 Å². The number of methoxy groups -OCH3 is 1. The summed E-state index contributed by atoms with van der Waals surface area (Å²) in [6.45, 7) is 10.5. The molecule has 1 aliphatic heterocycles. The number of amides is 2. The van der Waals surface area contributed by atoms with E-state index in [1.807, 2.05) is 0 Å². The Morgan fingerprint density at radius 1 is 1.12 bits per heavy atom. The molecule has 0 unspecified atom stereocenters. The lowest BCUT2D eigenvalue weighted by Crippen LogP contribution is -2.59. The molecule has 0 aromatic heterocycles. The Labute approximate surface area is 143 Å². The van der Waals surface area contributed by atoms with Crippen LogP contribution in [0.5, 0.6) is 0 Å². The largest absolute Gasteiger partial charge is 0.453 e. The zero-order valence-electron chi connectivity index (χ0n) is 15.2. The van der Waals surface area contributed by atoms with Crippen molar-refractivity contribution in [2.24, 2.45) is 0 Å². The van der Waals surface area contributed by atoms with Crippen LogP contribution in [0.15, 0.2) is 18.2 Å². The molecule has 0 spiro atoms. The van der Waals surface area contributed by atoms with Crippen LogP contribution < -0.4 is 10.2 Å². The number of benzene rings is 1. The molecule has 1 fully saturated rings. The lowest BCUT2D eigenvalue weighted by atomic mass is 10.0. The summed E-state index contributed by atoms with van der Waals surface area (Å²) in [6, 6.07) is 6.31. The molecule has 1 aromatic rings. The van der Waals surface area contributed by atoms with Crippen molar-refractivity contribution in [3.63, 3.8) is 0 Å². The van der Waals surface area contributed by atoms with Gasteiger partial charge < -0.3 is 19.9 Å². The van der Waals surface area contributed by atoms with Gasteiger partial charge in [0, 0.05) is 31.9 Å². The van der Waals surface area contributed by atoms with Gasteiger partial charge >= 0.3 is 6.09 Å². The van der Waals surface area contributed by atoms with E-state index in [2.05, 4.69) is 47.0 Å². The second-order valence-corrected chi connectivity index (χ2v) is 6.74. The van der Waals surface area contributed by atoms with Gasteiger partial charge in [0.2, 0.25) is 5.91 Å². The topological polar surface area (TPSA) is 61.9 Å². The number of rotatable bonds is 3. The zero-order valence-corrected chi connectivity index (χ0v) is 15.2. The van der Waals surface area contributed by atoms with Gasteiger partial charge in [0.1, 0.15) is 5.54 Å². The van der Waals surface area contributed by atoms with Crippen LogP contribution in [0.3, 0.4) is 0 Å². The van der Waals surface area contributed by atoms with Gasteiger partial charge in [0.15, 0.2) is 0 Å². The predicted molar refractivity (Wildman–Crippen MR) is 94.3 cm³/mol. The number of carbonyl (C=O) groups is 2. The van der Waals surface area contributed by atoms with Crippen LogP contribution in [0.4, 0.5) is 10.5 Å². The van der Waals surface area contributed by atoms with Crippen molar-refractivity contribution in [1.29, 1.82) is 0 Å². The summed E-state index contributed by atoms with van der Waals surface area (Å²) in [5.74, 6) is -0.0893. The van der Waals surface area contributed by atoms with E-state index in [4.69, 9.17) is 0 Å². The van der Waals surface area contributed by atoms with Crippen molar-refractivity contribution in [2.45, 2.75) is 33.2 Å². The highest BCUT2D eigenvalue weighted by atomic mass is 16.5. The molecule has 0 aliphatic carbocycles. The molecule has 0 atom stereocenters. The summed E-state index contributed by atoms with van der Waals surface area (Å²) in [5.41, 5.74) is 2.81. The van der Waals surface area contributed by atoms with E-state index in [1.54, 1.807) is 18.7 Å². The first-order valence-electron chi connectivity index (χ1n) is 8.23. The van der Waals surface area contributed by atoms with Gasteiger partial charge in [0.05, 0.1) is 7.11 Å². The molecule has 6 nitrogen and oxygen atoms in total. The third-order valence-electron chi connectivity index (χ3n) is 4.62. The molecule has 1 heterocycles. The summed E-state index contributed by atoms with van der Waals surface area (Å²) in [4.78, 5) is 28.2. The van der Waals surface area contributed by atoms with Gasteiger partial charge in [-0.3, -0.25) is 4.79 Å². The Kier molecular flexibility index (Phi) is 5.36. The number of hydrogen-bond acceptors (Lipinski definition) is 4. The van der Waals surface area contributed by atoms with Crippen LogP contribution in [0.2, 0.25) is 0 Å². The van der Waals surface area contributed by atoms with Gasteiger partial charge in [-0.15, -0.1) is 0 Å². The number of ether oxygens (including phenoxy) is 1.